The van der Waals surface area contributed by atoms with Gasteiger partial charge in [0, 0.05) is 23.4 Å². The molecule has 2 aliphatic rings. The molecule has 2 aromatic carbocycles. The van der Waals surface area contributed by atoms with Crippen molar-refractivity contribution in [2.24, 2.45) is 5.92 Å². The van der Waals surface area contributed by atoms with Crippen LogP contribution in [0.5, 0.6) is 5.75 Å². The number of aliphatic hydroxyl groups is 2. The molecule has 0 saturated heterocycles. The van der Waals surface area contributed by atoms with Gasteiger partial charge in [0.25, 0.3) is 0 Å². The lowest BCUT2D eigenvalue weighted by atomic mass is 9.52. The van der Waals surface area contributed by atoms with E-state index in [1.54, 1.807) is 6.20 Å². The first-order valence-electron chi connectivity index (χ1n) is 11.7. The molecule has 2 aliphatic carbocycles. The maximum Gasteiger partial charge on any atom is 0.120 e. The van der Waals surface area contributed by atoms with E-state index >= 15 is 0 Å². The van der Waals surface area contributed by atoms with Gasteiger partial charge in [-0.25, -0.2) is 0 Å². The molecule has 4 atom stereocenters. The Morgan fingerprint density at radius 2 is 1.91 bits per heavy atom. The van der Waals surface area contributed by atoms with Crippen LogP contribution >= 0.6 is 0 Å². The first-order chi connectivity index (χ1) is 15.5. The summed E-state index contributed by atoms with van der Waals surface area (Å²) in [6, 6.07) is 20.0. The van der Waals surface area contributed by atoms with Crippen molar-refractivity contribution in [3.8, 4) is 5.75 Å². The molecule has 0 aliphatic heterocycles. The Morgan fingerprint density at radius 1 is 1.06 bits per heavy atom. The number of ether oxygens (including phenoxy) is 1. The zero-order chi connectivity index (χ0) is 22.2. The van der Waals surface area contributed by atoms with Gasteiger partial charge in [0.05, 0.1) is 6.10 Å². The molecule has 2 N–H and O–H groups in total. The summed E-state index contributed by atoms with van der Waals surface area (Å²) in [5, 5.41) is 22.8. The van der Waals surface area contributed by atoms with Gasteiger partial charge in [-0.3, -0.25) is 4.98 Å². The monoisotopic (exact) mass is 429 g/mol. The third-order valence-corrected chi connectivity index (χ3v) is 7.86. The molecule has 0 radical (unpaired) electrons. The highest BCUT2D eigenvalue weighted by molar-refractivity contribution is 5.44. The predicted molar refractivity (Wildman–Crippen MR) is 124 cm³/mol. The normalized spacial score (nSPS) is 29.1. The first-order valence-corrected chi connectivity index (χ1v) is 11.7. The lowest BCUT2D eigenvalue weighted by Crippen LogP contribution is -2.56. The van der Waals surface area contributed by atoms with Crippen LogP contribution in [0.2, 0.25) is 0 Å². The Hall–Kier alpha value is -2.69. The summed E-state index contributed by atoms with van der Waals surface area (Å²) in [5.74, 6) is 1.20. The van der Waals surface area contributed by atoms with Crippen molar-refractivity contribution >= 4 is 0 Å². The van der Waals surface area contributed by atoms with Crippen molar-refractivity contribution in [2.45, 2.75) is 62.8 Å². The molecule has 5 rings (SSSR count). The summed E-state index contributed by atoms with van der Waals surface area (Å²) >= 11 is 0. The number of aryl methyl sites for hydroxylation is 1. The largest absolute Gasteiger partial charge is 0.489 e. The number of hydrogen-bond donors (Lipinski definition) is 2. The van der Waals surface area contributed by atoms with Gasteiger partial charge in [-0.2, -0.15) is 0 Å². The maximum absolute atomic E-state index is 11.6. The molecular weight excluding hydrogens is 398 g/mol. The molecule has 1 heterocycles. The fraction of sp³-hybridized carbons (Fsp3) is 0.393. The Morgan fingerprint density at radius 3 is 2.66 bits per heavy atom. The van der Waals surface area contributed by atoms with Crippen molar-refractivity contribution in [2.75, 3.05) is 0 Å². The minimum Gasteiger partial charge on any atom is -0.489 e. The summed E-state index contributed by atoms with van der Waals surface area (Å²) in [6.07, 6.45) is 6.87. The standard InChI is InChI=1S/C28H31NO3/c1-2-27-17-26(30)28(31,22-8-4-3-5-9-22)16-23(27)11-10-21-15-24(12-13-25(21)27)32-19-20-7-6-14-29-18-20/h3-9,12-15,18,23,26,30-31H,2,10-11,16-17,19H2,1H3/t23-,26?,27?,28?/m1/s1. The molecule has 0 bridgehead atoms. The van der Waals surface area contributed by atoms with Crippen LogP contribution in [-0.4, -0.2) is 21.3 Å². The van der Waals surface area contributed by atoms with Crippen LogP contribution in [0.3, 0.4) is 0 Å². The molecule has 3 aromatic rings. The summed E-state index contributed by atoms with van der Waals surface area (Å²) in [6.45, 7) is 2.71. The first kappa shape index (κ1) is 21.2. The summed E-state index contributed by atoms with van der Waals surface area (Å²) in [4.78, 5) is 4.15. The average molecular weight is 430 g/mol. The second-order valence-electron chi connectivity index (χ2n) is 9.43. The topological polar surface area (TPSA) is 62.6 Å². The third kappa shape index (κ3) is 3.52. The fourth-order valence-corrected chi connectivity index (χ4v) is 6.09. The molecule has 4 nitrogen and oxygen atoms in total. The van der Waals surface area contributed by atoms with Gasteiger partial charge in [0.2, 0.25) is 0 Å². The molecule has 0 amide bonds. The van der Waals surface area contributed by atoms with Gasteiger partial charge in [-0.15, -0.1) is 0 Å². The molecular formula is C28H31NO3. The van der Waals surface area contributed by atoms with E-state index in [9.17, 15) is 10.2 Å². The van der Waals surface area contributed by atoms with Crippen molar-refractivity contribution < 1.29 is 14.9 Å². The van der Waals surface area contributed by atoms with Crippen LogP contribution in [0.4, 0.5) is 0 Å². The number of pyridine rings is 1. The number of benzene rings is 2. The zero-order valence-corrected chi connectivity index (χ0v) is 18.6. The van der Waals surface area contributed by atoms with E-state index in [-0.39, 0.29) is 5.41 Å². The number of fused-ring (bicyclic) bond motifs is 3. The van der Waals surface area contributed by atoms with Crippen LogP contribution < -0.4 is 4.74 Å². The van der Waals surface area contributed by atoms with E-state index in [0.29, 0.717) is 25.4 Å². The van der Waals surface area contributed by atoms with E-state index < -0.39 is 11.7 Å². The van der Waals surface area contributed by atoms with Crippen LogP contribution in [0.1, 0.15) is 54.9 Å². The summed E-state index contributed by atoms with van der Waals surface area (Å²) in [5.41, 5.74) is 3.20. The van der Waals surface area contributed by atoms with Gasteiger partial charge in [0.1, 0.15) is 18.0 Å². The zero-order valence-electron chi connectivity index (χ0n) is 18.6. The van der Waals surface area contributed by atoms with Crippen molar-refractivity contribution in [1.29, 1.82) is 0 Å². The minimum atomic E-state index is -1.19. The van der Waals surface area contributed by atoms with E-state index in [1.165, 1.54) is 11.1 Å². The van der Waals surface area contributed by atoms with E-state index in [1.807, 2.05) is 48.7 Å². The second kappa shape index (κ2) is 8.34. The van der Waals surface area contributed by atoms with Gasteiger partial charge in [-0.05, 0) is 72.9 Å². The van der Waals surface area contributed by atoms with E-state index in [0.717, 1.165) is 36.1 Å². The molecule has 32 heavy (non-hydrogen) atoms. The van der Waals surface area contributed by atoms with Crippen LogP contribution in [0, 0.1) is 5.92 Å². The number of rotatable bonds is 5. The lowest BCUT2D eigenvalue weighted by Gasteiger charge is -2.55. The molecule has 166 valence electrons. The average Bonchev–Trinajstić information content (AvgIpc) is 2.84. The summed E-state index contributed by atoms with van der Waals surface area (Å²) < 4.78 is 6.04. The smallest absolute Gasteiger partial charge is 0.120 e. The number of aliphatic hydroxyl groups excluding tert-OH is 1. The van der Waals surface area contributed by atoms with Crippen LogP contribution in [0.25, 0.3) is 0 Å². The fourth-order valence-electron chi connectivity index (χ4n) is 6.09. The Labute approximate surface area is 189 Å². The van der Waals surface area contributed by atoms with Crippen LogP contribution in [0.15, 0.2) is 73.1 Å². The third-order valence-electron chi connectivity index (χ3n) is 7.86. The van der Waals surface area contributed by atoms with Gasteiger partial charge in [-0.1, -0.05) is 49.4 Å². The Bertz CT molecular complexity index is 1070. The second-order valence-corrected chi connectivity index (χ2v) is 9.43. The highest BCUT2D eigenvalue weighted by Crippen LogP contribution is 2.56. The number of nitrogens with zero attached hydrogens (tertiary/aromatic N) is 1. The molecule has 3 unspecified atom stereocenters. The Kier molecular flexibility index (Phi) is 5.52. The Balaban J connectivity index is 1.42. The highest BCUT2D eigenvalue weighted by atomic mass is 16.5. The van der Waals surface area contributed by atoms with Gasteiger partial charge >= 0.3 is 0 Å². The van der Waals surface area contributed by atoms with Gasteiger partial charge < -0.3 is 14.9 Å². The predicted octanol–water partition coefficient (Wildman–Crippen LogP) is 4.91. The summed E-state index contributed by atoms with van der Waals surface area (Å²) in [7, 11) is 0. The molecule has 1 saturated carbocycles. The molecule has 1 aromatic heterocycles. The van der Waals surface area contributed by atoms with Crippen molar-refractivity contribution in [3.63, 3.8) is 0 Å². The minimum absolute atomic E-state index is 0.115. The van der Waals surface area contributed by atoms with Crippen molar-refractivity contribution in [3.05, 3.63) is 95.3 Å². The SMILES string of the molecule is CCC12CC(O)C(O)(c3ccccc3)C[C@H]1CCc1cc(OCc3cccnc3)ccc12. The maximum atomic E-state index is 11.6. The lowest BCUT2D eigenvalue weighted by molar-refractivity contribution is -0.146. The highest BCUT2D eigenvalue weighted by Gasteiger charge is 2.55. The number of hydrogen-bond acceptors (Lipinski definition) is 4. The van der Waals surface area contributed by atoms with E-state index in [4.69, 9.17) is 4.74 Å². The van der Waals surface area contributed by atoms with E-state index in [2.05, 4.69) is 30.1 Å². The van der Waals surface area contributed by atoms with Crippen LogP contribution in [-0.2, 0) is 24.0 Å². The molecule has 4 heteroatoms. The van der Waals surface area contributed by atoms with Crippen molar-refractivity contribution in [1.82, 2.24) is 4.98 Å². The molecule has 0 spiro atoms. The van der Waals surface area contributed by atoms with Gasteiger partial charge in [0.15, 0.2) is 0 Å². The number of aromatic nitrogens is 1. The quantitative estimate of drug-likeness (QED) is 0.605. The molecule has 1 fully saturated rings.